The van der Waals surface area contributed by atoms with Crippen molar-refractivity contribution in [3.8, 4) is 0 Å². The molecule has 1 N–H and O–H groups in total. The Morgan fingerprint density at radius 2 is 2.10 bits per heavy atom. The van der Waals surface area contributed by atoms with Crippen LogP contribution in [0.3, 0.4) is 0 Å². The summed E-state index contributed by atoms with van der Waals surface area (Å²) in [4.78, 5) is 21.4. The van der Waals surface area contributed by atoms with E-state index in [0.29, 0.717) is 25.0 Å². The zero-order valence-electron chi connectivity index (χ0n) is 10.4. The van der Waals surface area contributed by atoms with E-state index in [4.69, 9.17) is 0 Å². The first-order valence-electron chi connectivity index (χ1n) is 6.08. The molecule has 1 atom stereocenters. The molecule has 0 fully saturated rings. The molecule has 106 valence electrons. The smallest absolute Gasteiger partial charge is 0.308 e. The molecule has 0 saturated heterocycles. The van der Waals surface area contributed by atoms with Crippen molar-refractivity contribution >= 4 is 11.6 Å². The number of hydrogen-bond donors (Lipinski definition) is 1. The minimum atomic E-state index is -1.32. The number of halogens is 2. The van der Waals surface area contributed by atoms with E-state index in [2.05, 4.69) is 5.32 Å². The van der Waals surface area contributed by atoms with E-state index in [1.165, 1.54) is 0 Å². The highest BCUT2D eigenvalue weighted by Crippen LogP contribution is 2.23. The molecule has 20 heavy (non-hydrogen) atoms. The number of allylic oxidation sites excluding steroid dienone is 1. The molecule has 1 amide bonds. The molecule has 2 rings (SSSR count). The Morgan fingerprint density at radius 1 is 1.35 bits per heavy atom. The van der Waals surface area contributed by atoms with Gasteiger partial charge in [-0.05, 0) is 25.3 Å². The van der Waals surface area contributed by atoms with E-state index in [-0.39, 0.29) is 6.04 Å². The summed E-state index contributed by atoms with van der Waals surface area (Å²) in [6.07, 6.45) is 5.94. The van der Waals surface area contributed by atoms with E-state index in [9.17, 15) is 23.7 Å². The van der Waals surface area contributed by atoms with Crippen LogP contribution in [0, 0.1) is 21.7 Å². The first-order valence-corrected chi connectivity index (χ1v) is 6.08. The molecule has 0 spiro atoms. The number of carbonyl (C=O) groups is 1. The fourth-order valence-electron chi connectivity index (χ4n) is 2.06. The average Bonchev–Trinajstić information content (AvgIpc) is 2.41. The fourth-order valence-corrected chi connectivity index (χ4v) is 2.06. The molecule has 0 radical (unpaired) electrons. The highest BCUT2D eigenvalue weighted by atomic mass is 19.1. The van der Waals surface area contributed by atoms with Crippen molar-refractivity contribution in [1.29, 1.82) is 0 Å². The molecule has 0 saturated carbocycles. The van der Waals surface area contributed by atoms with Crippen LogP contribution in [0.5, 0.6) is 0 Å². The van der Waals surface area contributed by atoms with Gasteiger partial charge in [0.2, 0.25) is 5.82 Å². The lowest BCUT2D eigenvalue weighted by atomic mass is 10.0. The molecule has 0 bridgehead atoms. The number of amides is 1. The maximum atomic E-state index is 13.8. The summed E-state index contributed by atoms with van der Waals surface area (Å²) in [6.45, 7) is 0. The van der Waals surface area contributed by atoms with Crippen LogP contribution in [-0.4, -0.2) is 16.9 Å². The van der Waals surface area contributed by atoms with Gasteiger partial charge in [-0.15, -0.1) is 0 Å². The van der Waals surface area contributed by atoms with Crippen LogP contribution in [0.1, 0.15) is 29.6 Å². The van der Waals surface area contributed by atoms with Crippen molar-refractivity contribution in [2.45, 2.75) is 25.3 Å². The third kappa shape index (κ3) is 2.98. The van der Waals surface area contributed by atoms with Crippen LogP contribution in [-0.2, 0) is 0 Å². The van der Waals surface area contributed by atoms with Crippen molar-refractivity contribution < 1.29 is 18.5 Å². The first kappa shape index (κ1) is 14.1. The topological polar surface area (TPSA) is 72.2 Å². The predicted octanol–water partition coefficient (Wildman–Crippen LogP) is 2.71. The third-order valence-electron chi connectivity index (χ3n) is 3.06. The molecule has 1 aliphatic rings. The van der Waals surface area contributed by atoms with Gasteiger partial charge in [-0.3, -0.25) is 14.9 Å². The highest BCUT2D eigenvalue weighted by molar-refractivity contribution is 5.95. The fraction of sp³-hybridized carbons (Fsp3) is 0.308. The molecule has 1 aromatic rings. The lowest BCUT2D eigenvalue weighted by molar-refractivity contribution is -0.387. The number of nitro benzene ring substituents is 1. The molecule has 1 unspecified atom stereocenters. The summed E-state index contributed by atoms with van der Waals surface area (Å²) in [7, 11) is 0. The largest absolute Gasteiger partial charge is 0.349 e. The molecule has 0 heterocycles. The van der Waals surface area contributed by atoms with E-state index >= 15 is 0 Å². The predicted molar refractivity (Wildman–Crippen MR) is 67.3 cm³/mol. The summed E-state index contributed by atoms with van der Waals surface area (Å²) < 4.78 is 27.1. The van der Waals surface area contributed by atoms with Crippen molar-refractivity contribution in [1.82, 2.24) is 5.32 Å². The summed E-state index contributed by atoms with van der Waals surface area (Å²) in [6, 6.07) is 0.945. The second kappa shape index (κ2) is 5.77. The Hall–Kier alpha value is -2.31. The van der Waals surface area contributed by atoms with E-state index in [1.54, 1.807) is 0 Å². The molecule has 0 aromatic heterocycles. The molecule has 5 nitrogen and oxygen atoms in total. The van der Waals surface area contributed by atoms with Gasteiger partial charge in [-0.2, -0.15) is 4.39 Å². The third-order valence-corrected chi connectivity index (χ3v) is 3.06. The minimum absolute atomic E-state index is 0.172. The number of carbonyl (C=O) groups excluding carboxylic acids is 1. The number of nitro groups is 1. The summed E-state index contributed by atoms with van der Waals surface area (Å²) in [5.74, 6) is -3.18. The molecule has 1 aliphatic carbocycles. The summed E-state index contributed by atoms with van der Waals surface area (Å²) >= 11 is 0. The number of nitrogens with one attached hydrogen (secondary N) is 1. The second-order valence-electron chi connectivity index (χ2n) is 4.50. The van der Waals surface area contributed by atoms with Gasteiger partial charge in [0.05, 0.1) is 16.6 Å². The first-order chi connectivity index (χ1) is 9.49. The van der Waals surface area contributed by atoms with E-state index in [0.717, 1.165) is 6.42 Å². The lowest BCUT2D eigenvalue weighted by Gasteiger charge is -2.19. The zero-order chi connectivity index (χ0) is 14.7. The van der Waals surface area contributed by atoms with Crippen LogP contribution in [0.25, 0.3) is 0 Å². The average molecular weight is 282 g/mol. The van der Waals surface area contributed by atoms with Crippen molar-refractivity contribution in [3.63, 3.8) is 0 Å². The zero-order valence-corrected chi connectivity index (χ0v) is 10.4. The van der Waals surface area contributed by atoms with Crippen LogP contribution in [0.2, 0.25) is 0 Å². The van der Waals surface area contributed by atoms with Crippen molar-refractivity contribution in [2.24, 2.45) is 0 Å². The van der Waals surface area contributed by atoms with Crippen molar-refractivity contribution in [2.75, 3.05) is 0 Å². The number of rotatable bonds is 3. The monoisotopic (exact) mass is 282 g/mol. The quantitative estimate of drug-likeness (QED) is 0.526. The van der Waals surface area contributed by atoms with Crippen molar-refractivity contribution in [3.05, 3.63) is 51.6 Å². The Labute approximate surface area is 113 Å². The Bertz CT molecular complexity index is 587. The number of benzene rings is 1. The Balaban J connectivity index is 2.25. The van der Waals surface area contributed by atoms with Gasteiger partial charge >= 0.3 is 5.69 Å². The van der Waals surface area contributed by atoms with Gasteiger partial charge in [0.15, 0.2) is 0 Å². The lowest BCUT2D eigenvalue weighted by Crippen LogP contribution is -2.35. The number of hydrogen-bond acceptors (Lipinski definition) is 3. The van der Waals surface area contributed by atoms with Crippen LogP contribution >= 0.6 is 0 Å². The summed E-state index contributed by atoms with van der Waals surface area (Å²) in [5.41, 5.74) is -1.69. The molecule has 7 heteroatoms. The number of nitrogens with zero attached hydrogens (tertiary/aromatic N) is 1. The van der Waals surface area contributed by atoms with Gasteiger partial charge in [0.1, 0.15) is 5.82 Å². The SMILES string of the molecule is O=C(NC1CC=CCC1)c1cc(F)cc([N+](=O)[O-])c1F. The maximum absolute atomic E-state index is 13.8. The Kier molecular flexibility index (Phi) is 4.07. The standard InChI is InChI=1S/C13H12F2N2O3/c14-8-6-10(12(15)11(7-8)17(19)20)13(18)16-9-4-2-1-3-5-9/h1-2,6-7,9H,3-5H2,(H,16,18). The van der Waals surface area contributed by atoms with Gasteiger partial charge in [-0.25, -0.2) is 4.39 Å². The second-order valence-corrected chi connectivity index (χ2v) is 4.50. The normalized spacial score (nSPS) is 17.8. The van der Waals surface area contributed by atoms with Crippen LogP contribution < -0.4 is 5.32 Å². The maximum Gasteiger partial charge on any atom is 0.308 e. The van der Waals surface area contributed by atoms with E-state index < -0.39 is 33.7 Å². The van der Waals surface area contributed by atoms with Crippen LogP contribution in [0.4, 0.5) is 14.5 Å². The molecule has 0 aliphatic heterocycles. The van der Waals surface area contributed by atoms with Gasteiger partial charge in [0.25, 0.3) is 5.91 Å². The minimum Gasteiger partial charge on any atom is -0.349 e. The summed E-state index contributed by atoms with van der Waals surface area (Å²) in [5, 5.41) is 13.1. The van der Waals surface area contributed by atoms with E-state index in [1.807, 2.05) is 12.2 Å². The van der Waals surface area contributed by atoms with Gasteiger partial charge in [0, 0.05) is 6.04 Å². The van der Waals surface area contributed by atoms with Gasteiger partial charge < -0.3 is 5.32 Å². The molecule has 1 aromatic carbocycles. The van der Waals surface area contributed by atoms with Gasteiger partial charge in [-0.1, -0.05) is 12.2 Å². The Morgan fingerprint density at radius 3 is 2.70 bits per heavy atom. The molecular weight excluding hydrogens is 270 g/mol. The highest BCUT2D eigenvalue weighted by Gasteiger charge is 2.25. The van der Waals surface area contributed by atoms with Crippen LogP contribution in [0.15, 0.2) is 24.3 Å². The molecular formula is C13H12F2N2O3.